The van der Waals surface area contributed by atoms with Gasteiger partial charge in [-0.2, -0.15) is 0 Å². The summed E-state index contributed by atoms with van der Waals surface area (Å²) in [5.41, 5.74) is 1.17. The topological polar surface area (TPSA) is 105 Å². The zero-order valence-corrected chi connectivity index (χ0v) is 16.3. The lowest BCUT2D eigenvalue weighted by atomic mass is 10.2. The van der Waals surface area contributed by atoms with E-state index >= 15 is 0 Å². The van der Waals surface area contributed by atoms with Gasteiger partial charge in [0, 0.05) is 12.6 Å². The van der Waals surface area contributed by atoms with Crippen LogP contribution in [0.2, 0.25) is 0 Å². The molecule has 0 atom stereocenters. The molecule has 3 rings (SSSR count). The molecule has 0 heterocycles. The molecule has 1 saturated carbocycles. The van der Waals surface area contributed by atoms with E-state index in [1.54, 1.807) is 0 Å². The molecule has 0 amide bonds. The Morgan fingerprint density at radius 1 is 0.862 bits per heavy atom. The Morgan fingerprint density at radius 2 is 1.41 bits per heavy atom. The van der Waals surface area contributed by atoms with Crippen LogP contribution in [0, 0.1) is 0 Å². The molecule has 0 unspecified atom stereocenters. The summed E-state index contributed by atoms with van der Waals surface area (Å²) < 4.78 is 11.5. The first kappa shape index (κ1) is 22.2. The lowest BCUT2D eigenvalue weighted by Gasteiger charge is -2.12. The van der Waals surface area contributed by atoms with E-state index in [4.69, 9.17) is 29.3 Å². The number of aliphatic carboxylic acids is 2. The van der Waals surface area contributed by atoms with E-state index in [-0.39, 0.29) is 0 Å². The first-order chi connectivity index (χ1) is 14.0. The SMILES string of the molecule is O=C(O)C(=O)O.c1ccc(COc2ccc(OCCNC3CCCC3)cc2)cc1. The average molecular weight is 401 g/mol. The molecule has 3 N–H and O–H groups in total. The summed E-state index contributed by atoms with van der Waals surface area (Å²) in [4.78, 5) is 18.2. The molecule has 0 saturated heterocycles. The van der Waals surface area contributed by atoms with Gasteiger partial charge in [0.15, 0.2) is 0 Å². The number of carbonyl (C=O) groups is 2. The highest BCUT2D eigenvalue weighted by molar-refractivity contribution is 6.27. The minimum Gasteiger partial charge on any atom is -0.492 e. The molecule has 1 aliphatic rings. The van der Waals surface area contributed by atoms with Crippen molar-refractivity contribution in [1.29, 1.82) is 0 Å². The molecule has 0 aromatic heterocycles. The molecule has 0 aliphatic heterocycles. The van der Waals surface area contributed by atoms with Crippen molar-refractivity contribution in [1.82, 2.24) is 5.32 Å². The third-order valence-electron chi connectivity index (χ3n) is 4.41. The van der Waals surface area contributed by atoms with Crippen LogP contribution in [0.3, 0.4) is 0 Å². The monoisotopic (exact) mass is 401 g/mol. The van der Waals surface area contributed by atoms with Crippen LogP contribution in [0.15, 0.2) is 54.6 Å². The van der Waals surface area contributed by atoms with Crippen molar-refractivity contribution in [2.45, 2.75) is 38.3 Å². The molecule has 29 heavy (non-hydrogen) atoms. The van der Waals surface area contributed by atoms with E-state index in [1.807, 2.05) is 42.5 Å². The number of nitrogens with one attached hydrogen (secondary N) is 1. The highest BCUT2D eigenvalue weighted by Gasteiger charge is 2.13. The van der Waals surface area contributed by atoms with Crippen LogP contribution in [0.25, 0.3) is 0 Å². The fraction of sp³-hybridized carbons (Fsp3) is 0.364. The Labute approximate surface area is 170 Å². The van der Waals surface area contributed by atoms with E-state index in [1.165, 1.54) is 31.2 Å². The minimum absolute atomic E-state index is 0.590. The molecule has 7 nitrogen and oxygen atoms in total. The summed E-state index contributed by atoms with van der Waals surface area (Å²) in [5, 5.41) is 18.3. The molecule has 2 aromatic carbocycles. The standard InChI is InChI=1S/C20H25NO2.C2H2O4/c1-2-6-17(7-3-1)16-23-20-12-10-19(11-13-20)22-15-14-21-18-8-4-5-9-18;3-1(4)2(5)6/h1-3,6-7,10-13,18,21H,4-5,8-9,14-16H2;(H,3,4)(H,5,6). The predicted octanol–water partition coefficient (Wildman–Crippen LogP) is 3.33. The van der Waals surface area contributed by atoms with Gasteiger partial charge in [0.1, 0.15) is 24.7 Å². The summed E-state index contributed by atoms with van der Waals surface area (Å²) in [6, 6.07) is 18.7. The molecular weight excluding hydrogens is 374 g/mol. The first-order valence-corrected chi connectivity index (χ1v) is 9.64. The highest BCUT2D eigenvalue weighted by atomic mass is 16.5. The van der Waals surface area contributed by atoms with Gasteiger partial charge in [-0.3, -0.25) is 0 Å². The molecule has 0 radical (unpaired) electrons. The summed E-state index contributed by atoms with van der Waals surface area (Å²) in [7, 11) is 0. The van der Waals surface area contributed by atoms with Crippen molar-refractivity contribution in [3.63, 3.8) is 0 Å². The predicted molar refractivity (Wildman–Crippen MR) is 108 cm³/mol. The van der Waals surface area contributed by atoms with Gasteiger partial charge in [-0.25, -0.2) is 9.59 Å². The number of benzene rings is 2. The number of hydrogen-bond acceptors (Lipinski definition) is 5. The lowest BCUT2D eigenvalue weighted by Crippen LogP contribution is -2.30. The van der Waals surface area contributed by atoms with Crippen LogP contribution in [0.1, 0.15) is 31.2 Å². The van der Waals surface area contributed by atoms with Crippen LogP contribution >= 0.6 is 0 Å². The van der Waals surface area contributed by atoms with Gasteiger partial charge < -0.3 is 25.0 Å². The Balaban J connectivity index is 0.000000438. The zero-order valence-electron chi connectivity index (χ0n) is 16.3. The molecule has 1 aliphatic carbocycles. The van der Waals surface area contributed by atoms with Crippen molar-refractivity contribution in [2.24, 2.45) is 0 Å². The quantitative estimate of drug-likeness (QED) is 0.460. The minimum atomic E-state index is -1.82. The normalized spacial score (nSPS) is 13.2. The van der Waals surface area contributed by atoms with Crippen molar-refractivity contribution in [3.8, 4) is 11.5 Å². The second kappa shape index (κ2) is 12.4. The molecule has 2 aromatic rings. The maximum atomic E-state index is 9.10. The van der Waals surface area contributed by atoms with Crippen LogP contribution in [0.4, 0.5) is 0 Å². The third kappa shape index (κ3) is 9.12. The van der Waals surface area contributed by atoms with E-state index < -0.39 is 11.9 Å². The number of carboxylic acid groups (broad SMARTS) is 2. The maximum absolute atomic E-state index is 9.10. The van der Waals surface area contributed by atoms with E-state index in [0.717, 1.165) is 18.0 Å². The largest absolute Gasteiger partial charge is 0.492 e. The van der Waals surface area contributed by atoms with Crippen LogP contribution in [-0.2, 0) is 16.2 Å². The van der Waals surface area contributed by atoms with Crippen molar-refractivity contribution < 1.29 is 29.3 Å². The number of hydrogen-bond donors (Lipinski definition) is 3. The summed E-state index contributed by atoms with van der Waals surface area (Å²) >= 11 is 0. The van der Waals surface area contributed by atoms with E-state index in [0.29, 0.717) is 19.3 Å². The molecule has 0 bridgehead atoms. The Kier molecular flexibility index (Phi) is 9.51. The fourth-order valence-corrected chi connectivity index (χ4v) is 2.93. The Morgan fingerprint density at radius 3 is 1.97 bits per heavy atom. The molecule has 7 heteroatoms. The van der Waals surface area contributed by atoms with Crippen LogP contribution < -0.4 is 14.8 Å². The maximum Gasteiger partial charge on any atom is 0.414 e. The van der Waals surface area contributed by atoms with Crippen molar-refractivity contribution in [3.05, 3.63) is 60.2 Å². The van der Waals surface area contributed by atoms with Crippen molar-refractivity contribution in [2.75, 3.05) is 13.2 Å². The number of ether oxygens (including phenoxy) is 2. The second-order valence-electron chi connectivity index (χ2n) is 6.64. The van der Waals surface area contributed by atoms with Gasteiger partial charge in [-0.05, 0) is 42.7 Å². The van der Waals surface area contributed by atoms with E-state index in [9.17, 15) is 0 Å². The number of rotatable bonds is 8. The Hall–Kier alpha value is -3.06. The fourth-order valence-electron chi connectivity index (χ4n) is 2.93. The van der Waals surface area contributed by atoms with Crippen LogP contribution in [-0.4, -0.2) is 41.3 Å². The third-order valence-corrected chi connectivity index (χ3v) is 4.41. The summed E-state index contributed by atoms with van der Waals surface area (Å²) in [6.45, 7) is 2.21. The lowest BCUT2D eigenvalue weighted by molar-refractivity contribution is -0.159. The van der Waals surface area contributed by atoms with Crippen molar-refractivity contribution >= 4 is 11.9 Å². The smallest absolute Gasteiger partial charge is 0.414 e. The van der Waals surface area contributed by atoms with E-state index in [2.05, 4.69) is 17.4 Å². The van der Waals surface area contributed by atoms with Gasteiger partial charge in [-0.1, -0.05) is 43.2 Å². The van der Waals surface area contributed by atoms with Gasteiger partial charge in [0.2, 0.25) is 0 Å². The average Bonchev–Trinajstić information content (AvgIpc) is 3.25. The molecule has 156 valence electrons. The van der Waals surface area contributed by atoms with Gasteiger partial charge >= 0.3 is 11.9 Å². The first-order valence-electron chi connectivity index (χ1n) is 9.64. The van der Waals surface area contributed by atoms with Gasteiger partial charge in [0.05, 0.1) is 0 Å². The van der Waals surface area contributed by atoms with Gasteiger partial charge in [0.25, 0.3) is 0 Å². The van der Waals surface area contributed by atoms with Gasteiger partial charge in [-0.15, -0.1) is 0 Å². The highest BCUT2D eigenvalue weighted by Crippen LogP contribution is 2.19. The molecular formula is C22H27NO6. The summed E-state index contributed by atoms with van der Waals surface area (Å²) in [6.07, 6.45) is 5.35. The zero-order chi connectivity index (χ0) is 20.9. The number of carboxylic acids is 2. The Bertz CT molecular complexity index is 730. The molecule has 0 spiro atoms. The second-order valence-corrected chi connectivity index (χ2v) is 6.64. The van der Waals surface area contributed by atoms with Crippen LogP contribution in [0.5, 0.6) is 11.5 Å². The summed E-state index contributed by atoms with van der Waals surface area (Å²) in [5.74, 6) is -1.89. The molecule has 1 fully saturated rings.